The predicted octanol–water partition coefficient (Wildman–Crippen LogP) is -0.814. The van der Waals surface area contributed by atoms with E-state index in [0.717, 1.165) is 0 Å². The minimum atomic E-state index is -5.59. The van der Waals surface area contributed by atoms with Gasteiger partial charge in [-0.3, -0.25) is 18.6 Å². The number of aliphatic hydroxyl groups is 1. The van der Waals surface area contributed by atoms with Gasteiger partial charge in [0.2, 0.25) is 0 Å². The Balaban J connectivity index is 2.93. The standard InChI is InChI=1S/C11H21N2O12P3/c1-7-10(14)9(8(4-13-7)6-25-28(22,23)24)5-12-3-2-11(15,26(16,17)18)27(19,20)21/h4,12,14-15H,2-3,5-6H2,1H3,(H2,16,17,18)(H2,19,20,21)(H2,22,23,24). The highest BCUT2D eigenvalue weighted by Crippen LogP contribution is 2.68. The number of hydrogen-bond acceptors (Lipinski definition) is 8. The van der Waals surface area contributed by atoms with Crippen LogP contribution in [0.25, 0.3) is 0 Å². The minimum absolute atomic E-state index is 0.0804. The zero-order chi connectivity index (χ0) is 22.0. The fraction of sp³-hybridized carbons (Fsp3) is 0.545. The summed E-state index contributed by atoms with van der Waals surface area (Å²) in [6.45, 7) is 0.0730. The Morgan fingerprint density at radius 1 is 1.11 bits per heavy atom. The molecule has 0 aliphatic carbocycles. The van der Waals surface area contributed by atoms with Gasteiger partial charge in [-0.25, -0.2) is 4.57 Å². The number of aromatic hydroxyl groups is 1. The van der Waals surface area contributed by atoms with Crippen LogP contribution in [-0.4, -0.2) is 56.2 Å². The average Bonchev–Trinajstić information content (AvgIpc) is 2.50. The lowest BCUT2D eigenvalue weighted by molar-refractivity contribution is 0.123. The van der Waals surface area contributed by atoms with Crippen molar-refractivity contribution in [2.45, 2.75) is 31.6 Å². The zero-order valence-corrected chi connectivity index (χ0v) is 17.1. The second-order valence-electron chi connectivity index (χ2n) is 5.75. The molecule has 1 aromatic rings. The molecule has 0 fully saturated rings. The van der Waals surface area contributed by atoms with Crippen LogP contribution in [0.3, 0.4) is 0 Å². The molecule has 14 nitrogen and oxygen atoms in total. The maximum Gasteiger partial charge on any atom is 0.469 e. The monoisotopic (exact) mass is 466 g/mol. The first-order valence-corrected chi connectivity index (χ1v) is 12.2. The number of phosphoric acid groups is 1. The quantitative estimate of drug-likeness (QED) is 0.151. The Labute approximate surface area is 158 Å². The lowest BCUT2D eigenvalue weighted by Crippen LogP contribution is -2.33. The lowest BCUT2D eigenvalue weighted by Gasteiger charge is -2.29. The van der Waals surface area contributed by atoms with Crippen molar-refractivity contribution in [2.24, 2.45) is 0 Å². The number of aromatic nitrogens is 1. The molecule has 0 aliphatic heterocycles. The molecule has 0 amide bonds. The molecule has 1 heterocycles. The maximum atomic E-state index is 11.3. The number of pyridine rings is 1. The number of aryl methyl sites for hydroxylation is 1. The van der Waals surface area contributed by atoms with E-state index in [2.05, 4.69) is 14.8 Å². The number of rotatable bonds is 10. The molecule has 0 aromatic carbocycles. The summed E-state index contributed by atoms with van der Waals surface area (Å²) in [6, 6.07) is 0. The summed E-state index contributed by atoms with van der Waals surface area (Å²) in [5.74, 6) is -0.348. The van der Waals surface area contributed by atoms with Crippen molar-refractivity contribution in [3.8, 4) is 5.75 Å². The third-order valence-electron chi connectivity index (χ3n) is 3.69. The van der Waals surface area contributed by atoms with Gasteiger partial charge in [0, 0.05) is 30.3 Å². The Bertz CT molecular complexity index is 821. The van der Waals surface area contributed by atoms with Crippen LogP contribution in [-0.2, 0) is 31.4 Å². The Morgan fingerprint density at radius 3 is 2.11 bits per heavy atom. The summed E-state index contributed by atoms with van der Waals surface area (Å²) < 4.78 is 37.7. The smallest absolute Gasteiger partial charge is 0.469 e. The number of hydrogen-bond donors (Lipinski definition) is 9. The summed E-state index contributed by atoms with van der Waals surface area (Å²) in [5, 5.41) is 18.8. The summed E-state index contributed by atoms with van der Waals surface area (Å²) in [6.07, 6.45) is 0.157. The summed E-state index contributed by atoms with van der Waals surface area (Å²) in [7, 11) is -16.0. The van der Waals surface area contributed by atoms with E-state index >= 15 is 0 Å². The van der Waals surface area contributed by atoms with Crippen LogP contribution in [0, 0.1) is 6.92 Å². The molecule has 0 atom stereocenters. The molecule has 0 unspecified atom stereocenters. The van der Waals surface area contributed by atoms with E-state index in [1.807, 2.05) is 0 Å². The molecule has 17 heteroatoms. The van der Waals surface area contributed by atoms with Crippen molar-refractivity contribution in [3.05, 3.63) is 23.0 Å². The van der Waals surface area contributed by atoms with Gasteiger partial charge in [-0.05, 0) is 13.5 Å². The zero-order valence-electron chi connectivity index (χ0n) is 14.4. The van der Waals surface area contributed by atoms with Crippen LogP contribution in [0.5, 0.6) is 5.75 Å². The maximum absolute atomic E-state index is 11.3. The minimum Gasteiger partial charge on any atom is -0.506 e. The molecular weight excluding hydrogens is 445 g/mol. The molecule has 162 valence electrons. The number of phosphoric ester groups is 1. The highest BCUT2D eigenvalue weighted by molar-refractivity contribution is 7.72. The third-order valence-corrected chi connectivity index (χ3v) is 8.03. The van der Waals surface area contributed by atoms with Gasteiger partial charge in [-0.15, -0.1) is 0 Å². The first kappa shape index (κ1) is 25.3. The van der Waals surface area contributed by atoms with Gasteiger partial charge in [0.05, 0.1) is 12.3 Å². The molecule has 9 N–H and O–H groups in total. The van der Waals surface area contributed by atoms with Crippen LogP contribution >= 0.6 is 23.0 Å². The second kappa shape index (κ2) is 8.97. The van der Waals surface area contributed by atoms with Gasteiger partial charge < -0.3 is 44.9 Å². The Morgan fingerprint density at radius 2 is 1.64 bits per heavy atom. The van der Waals surface area contributed by atoms with Crippen LogP contribution in [0.1, 0.15) is 23.2 Å². The van der Waals surface area contributed by atoms with E-state index in [1.165, 1.54) is 13.1 Å². The summed E-state index contributed by atoms with van der Waals surface area (Å²) in [5.41, 5.74) is 0.328. The molecule has 0 saturated carbocycles. The molecule has 0 aliphatic rings. The Hall–Kier alpha value is -0.720. The van der Waals surface area contributed by atoms with Crippen molar-refractivity contribution >= 4 is 23.0 Å². The largest absolute Gasteiger partial charge is 0.506 e. The molecule has 1 rings (SSSR count). The first-order valence-electron chi connectivity index (χ1n) is 7.40. The molecule has 28 heavy (non-hydrogen) atoms. The third kappa shape index (κ3) is 6.39. The van der Waals surface area contributed by atoms with E-state index in [-0.39, 0.29) is 29.1 Å². The van der Waals surface area contributed by atoms with Gasteiger partial charge in [0.25, 0.3) is 5.08 Å². The predicted molar refractivity (Wildman–Crippen MR) is 92.8 cm³/mol. The fourth-order valence-electron chi connectivity index (χ4n) is 2.09. The van der Waals surface area contributed by atoms with Gasteiger partial charge in [0.15, 0.2) is 0 Å². The average molecular weight is 466 g/mol. The topological polar surface area (TPSA) is 247 Å². The van der Waals surface area contributed by atoms with Crippen molar-refractivity contribution in [1.29, 1.82) is 0 Å². The molecule has 0 spiro atoms. The van der Waals surface area contributed by atoms with Gasteiger partial charge in [-0.2, -0.15) is 0 Å². The van der Waals surface area contributed by atoms with E-state index in [9.17, 15) is 23.9 Å². The lowest BCUT2D eigenvalue weighted by atomic mass is 10.1. The van der Waals surface area contributed by atoms with E-state index in [1.54, 1.807) is 0 Å². The van der Waals surface area contributed by atoms with Gasteiger partial charge in [-0.1, -0.05) is 0 Å². The van der Waals surface area contributed by atoms with Gasteiger partial charge in [0.1, 0.15) is 5.75 Å². The fourth-order valence-corrected chi connectivity index (χ4v) is 4.56. The van der Waals surface area contributed by atoms with E-state index in [0.29, 0.717) is 0 Å². The van der Waals surface area contributed by atoms with Crippen LogP contribution in [0.2, 0.25) is 0 Å². The highest BCUT2D eigenvalue weighted by atomic mass is 31.2. The SMILES string of the molecule is Cc1ncc(COP(=O)(O)O)c(CNCCC(O)(P(=O)(O)O)P(=O)(O)O)c1O. The number of nitrogens with zero attached hydrogens (tertiary/aromatic N) is 1. The summed E-state index contributed by atoms with van der Waals surface area (Å²) in [4.78, 5) is 57.6. The van der Waals surface area contributed by atoms with Crippen molar-refractivity contribution in [3.63, 3.8) is 0 Å². The second-order valence-corrected chi connectivity index (χ2v) is 11.0. The van der Waals surface area contributed by atoms with Crippen molar-refractivity contribution in [1.82, 2.24) is 10.3 Å². The van der Waals surface area contributed by atoms with Crippen molar-refractivity contribution in [2.75, 3.05) is 6.54 Å². The first-order chi connectivity index (χ1) is 12.5. The Kier molecular flexibility index (Phi) is 8.11. The molecule has 0 saturated heterocycles. The van der Waals surface area contributed by atoms with E-state index in [4.69, 9.17) is 29.4 Å². The molecular formula is C11H21N2O12P3. The molecule has 1 aromatic heterocycles. The van der Waals surface area contributed by atoms with Gasteiger partial charge >= 0.3 is 23.0 Å². The van der Waals surface area contributed by atoms with Crippen LogP contribution < -0.4 is 5.32 Å². The molecule has 0 radical (unpaired) electrons. The van der Waals surface area contributed by atoms with Crippen molar-refractivity contribution < 1.29 is 57.8 Å². The number of nitrogens with one attached hydrogen (secondary N) is 1. The summed E-state index contributed by atoms with van der Waals surface area (Å²) >= 11 is 0. The van der Waals surface area contributed by atoms with Crippen LogP contribution in [0.4, 0.5) is 0 Å². The van der Waals surface area contributed by atoms with E-state index < -0.39 is 47.7 Å². The normalized spacial score (nSPS) is 13.7. The van der Waals surface area contributed by atoms with Crippen LogP contribution in [0.15, 0.2) is 6.20 Å². The molecule has 0 bridgehead atoms. The highest BCUT2D eigenvalue weighted by Gasteiger charge is 2.58.